The van der Waals surface area contributed by atoms with Gasteiger partial charge in [0.05, 0.1) is 5.69 Å². The average molecular weight is 219 g/mol. The molecule has 1 N–H and O–H groups in total. The predicted molar refractivity (Wildman–Crippen MR) is 61.6 cm³/mol. The number of hydrogen-bond donors (Lipinski definition) is 1. The molecule has 78 valence electrons. The molecule has 0 radical (unpaired) electrons. The minimum Gasteiger partial charge on any atom is -0.305 e. The molecular formula is C11H13N3S. The van der Waals surface area contributed by atoms with Crippen LogP contribution < -0.4 is 5.32 Å². The minimum absolute atomic E-state index is 0.791. The van der Waals surface area contributed by atoms with E-state index in [1.165, 1.54) is 0 Å². The van der Waals surface area contributed by atoms with Crippen LogP contribution in [-0.2, 0) is 13.1 Å². The summed E-state index contributed by atoms with van der Waals surface area (Å²) in [7, 11) is 0. The van der Waals surface area contributed by atoms with E-state index in [0.717, 1.165) is 29.5 Å². The second kappa shape index (κ2) is 5.00. The molecule has 0 bridgehead atoms. The third kappa shape index (κ3) is 3.11. The summed E-state index contributed by atoms with van der Waals surface area (Å²) >= 11 is 1.69. The molecule has 4 heteroatoms. The first-order chi connectivity index (χ1) is 7.34. The van der Waals surface area contributed by atoms with Gasteiger partial charge in [-0.25, -0.2) is 4.98 Å². The summed E-state index contributed by atoms with van der Waals surface area (Å²) in [5, 5.41) is 6.51. The smallest absolute Gasteiger partial charge is 0.107 e. The predicted octanol–water partition coefficient (Wildman–Crippen LogP) is 2.14. The van der Waals surface area contributed by atoms with Gasteiger partial charge in [-0.15, -0.1) is 11.3 Å². The Morgan fingerprint density at radius 3 is 2.93 bits per heavy atom. The molecule has 0 amide bonds. The van der Waals surface area contributed by atoms with Crippen LogP contribution in [0.1, 0.15) is 16.4 Å². The van der Waals surface area contributed by atoms with Gasteiger partial charge in [-0.05, 0) is 19.1 Å². The van der Waals surface area contributed by atoms with Crippen molar-refractivity contribution in [3.63, 3.8) is 0 Å². The van der Waals surface area contributed by atoms with Crippen molar-refractivity contribution in [2.45, 2.75) is 20.0 Å². The van der Waals surface area contributed by atoms with Gasteiger partial charge in [0.15, 0.2) is 0 Å². The Labute approximate surface area is 93.2 Å². The number of thiazole rings is 1. The summed E-state index contributed by atoms with van der Waals surface area (Å²) in [5.41, 5.74) is 2.15. The maximum Gasteiger partial charge on any atom is 0.107 e. The molecule has 0 aliphatic carbocycles. The van der Waals surface area contributed by atoms with Crippen LogP contribution in [-0.4, -0.2) is 9.97 Å². The van der Waals surface area contributed by atoms with Crippen molar-refractivity contribution in [2.24, 2.45) is 0 Å². The first-order valence-electron chi connectivity index (χ1n) is 4.86. The van der Waals surface area contributed by atoms with Crippen molar-refractivity contribution < 1.29 is 0 Å². The van der Waals surface area contributed by atoms with Crippen LogP contribution in [0.4, 0.5) is 0 Å². The molecule has 3 nitrogen and oxygen atoms in total. The van der Waals surface area contributed by atoms with Crippen molar-refractivity contribution in [3.8, 4) is 0 Å². The van der Waals surface area contributed by atoms with Crippen molar-refractivity contribution in [1.82, 2.24) is 15.3 Å². The zero-order chi connectivity index (χ0) is 10.5. The molecule has 0 aliphatic rings. The molecular weight excluding hydrogens is 206 g/mol. The Morgan fingerprint density at radius 1 is 1.33 bits per heavy atom. The fourth-order valence-electron chi connectivity index (χ4n) is 1.28. The largest absolute Gasteiger partial charge is 0.305 e. The number of nitrogens with one attached hydrogen (secondary N) is 1. The lowest BCUT2D eigenvalue weighted by molar-refractivity contribution is 0.676. The van der Waals surface area contributed by atoms with Gasteiger partial charge < -0.3 is 5.32 Å². The van der Waals surface area contributed by atoms with Crippen LogP contribution in [0.2, 0.25) is 0 Å². The Kier molecular flexibility index (Phi) is 3.42. The van der Waals surface area contributed by atoms with Gasteiger partial charge in [-0.2, -0.15) is 0 Å². The van der Waals surface area contributed by atoms with Gasteiger partial charge in [0.2, 0.25) is 0 Å². The standard InChI is InChI=1S/C11H13N3S/c1-9-8-15-11(14-9)7-12-6-10-4-2-3-5-13-10/h2-5,8,12H,6-7H2,1H3. The van der Waals surface area contributed by atoms with Gasteiger partial charge in [0.25, 0.3) is 0 Å². The Morgan fingerprint density at radius 2 is 2.27 bits per heavy atom. The van der Waals surface area contributed by atoms with E-state index in [9.17, 15) is 0 Å². The maximum atomic E-state index is 4.38. The van der Waals surface area contributed by atoms with Crippen LogP contribution in [0.25, 0.3) is 0 Å². The Balaban J connectivity index is 1.80. The monoisotopic (exact) mass is 219 g/mol. The lowest BCUT2D eigenvalue weighted by Crippen LogP contribution is -2.13. The second-order valence-electron chi connectivity index (χ2n) is 3.31. The first-order valence-corrected chi connectivity index (χ1v) is 5.74. The lowest BCUT2D eigenvalue weighted by Gasteiger charge is -2.00. The van der Waals surface area contributed by atoms with E-state index in [2.05, 4.69) is 20.7 Å². The van der Waals surface area contributed by atoms with Gasteiger partial charge in [-0.3, -0.25) is 4.98 Å². The Bertz CT molecular complexity index is 411. The van der Waals surface area contributed by atoms with E-state index < -0.39 is 0 Å². The molecule has 0 aromatic carbocycles. The number of aromatic nitrogens is 2. The van der Waals surface area contributed by atoms with E-state index in [0.29, 0.717) is 0 Å². The van der Waals surface area contributed by atoms with Crippen LogP contribution in [0, 0.1) is 6.92 Å². The quantitative estimate of drug-likeness (QED) is 0.856. The van der Waals surface area contributed by atoms with Crippen molar-refractivity contribution >= 4 is 11.3 Å². The van der Waals surface area contributed by atoms with Gasteiger partial charge in [0.1, 0.15) is 5.01 Å². The van der Waals surface area contributed by atoms with E-state index in [-0.39, 0.29) is 0 Å². The van der Waals surface area contributed by atoms with Crippen LogP contribution in [0.5, 0.6) is 0 Å². The van der Waals surface area contributed by atoms with Crippen molar-refractivity contribution in [2.75, 3.05) is 0 Å². The highest BCUT2D eigenvalue weighted by molar-refractivity contribution is 7.09. The highest BCUT2D eigenvalue weighted by Crippen LogP contribution is 2.07. The summed E-state index contributed by atoms with van der Waals surface area (Å²) in [6.07, 6.45) is 1.81. The molecule has 2 heterocycles. The third-order valence-electron chi connectivity index (χ3n) is 1.98. The molecule has 0 aliphatic heterocycles. The van der Waals surface area contributed by atoms with Crippen molar-refractivity contribution in [3.05, 3.63) is 46.2 Å². The summed E-state index contributed by atoms with van der Waals surface area (Å²) < 4.78 is 0. The van der Waals surface area contributed by atoms with Crippen LogP contribution in [0.15, 0.2) is 29.8 Å². The highest BCUT2D eigenvalue weighted by Gasteiger charge is 1.98. The minimum atomic E-state index is 0.791. The van der Waals surface area contributed by atoms with Crippen LogP contribution >= 0.6 is 11.3 Å². The summed E-state index contributed by atoms with van der Waals surface area (Å²) in [6, 6.07) is 5.94. The highest BCUT2D eigenvalue weighted by atomic mass is 32.1. The SMILES string of the molecule is Cc1csc(CNCc2ccccn2)n1. The van der Waals surface area contributed by atoms with Crippen LogP contribution in [0.3, 0.4) is 0 Å². The van der Waals surface area contributed by atoms with Crippen molar-refractivity contribution in [1.29, 1.82) is 0 Å². The maximum absolute atomic E-state index is 4.38. The molecule has 0 saturated heterocycles. The zero-order valence-corrected chi connectivity index (χ0v) is 9.42. The molecule has 2 aromatic rings. The molecule has 0 spiro atoms. The number of rotatable bonds is 4. The number of hydrogen-bond acceptors (Lipinski definition) is 4. The van der Waals surface area contributed by atoms with Gasteiger partial charge in [-0.1, -0.05) is 6.07 Å². The van der Waals surface area contributed by atoms with E-state index in [1.54, 1.807) is 11.3 Å². The lowest BCUT2D eigenvalue weighted by atomic mass is 10.3. The molecule has 0 fully saturated rings. The summed E-state index contributed by atoms with van der Waals surface area (Å²) in [5.74, 6) is 0. The van der Waals surface area contributed by atoms with Gasteiger partial charge in [0, 0.05) is 30.4 Å². The van der Waals surface area contributed by atoms with E-state index in [1.807, 2.05) is 31.3 Å². The Hall–Kier alpha value is -1.26. The van der Waals surface area contributed by atoms with E-state index >= 15 is 0 Å². The van der Waals surface area contributed by atoms with Gasteiger partial charge >= 0.3 is 0 Å². The number of nitrogens with zero attached hydrogens (tertiary/aromatic N) is 2. The summed E-state index contributed by atoms with van der Waals surface area (Å²) in [4.78, 5) is 8.61. The molecule has 0 unspecified atom stereocenters. The second-order valence-corrected chi connectivity index (χ2v) is 4.25. The number of pyridine rings is 1. The first kappa shape index (κ1) is 10.3. The zero-order valence-electron chi connectivity index (χ0n) is 8.60. The molecule has 0 saturated carbocycles. The molecule has 15 heavy (non-hydrogen) atoms. The number of aryl methyl sites for hydroxylation is 1. The fourth-order valence-corrected chi connectivity index (χ4v) is 2.03. The molecule has 2 rings (SSSR count). The molecule has 2 aromatic heterocycles. The average Bonchev–Trinajstić information content (AvgIpc) is 2.66. The summed E-state index contributed by atoms with van der Waals surface area (Å²) in [6.45, 7) is 3.62. The van der Waals surface area contributed by atoms with E-state index in [4.69, 9.17) is 0 Å². The topological polar surface area (TPSA) is 37.8 Å². The molecule has 0 atom stereocenters. The normalized spacial score (nSPS) is 10.5. The fraction of sp³-hybridized carbons (Fsp3) is 0.273. The third-order valence-corrected chi connectivity index (χ3v) is 2.94.